The molecular formula is C13H16ClF3O2. The lowest BCUT2D eigenvalue weighted by Crippen LogP contribution is -2.17. The van der Waals surface area contributed by atoms with Crippen molar-refractivity contribution in [2.24, 2.45) is 0 Å². The van der Waals surface area contributed by atoms with Gasteiger partial charge in [-0.1, -0.05) is 17.7 Å². The monoisotopic (exact) mass is 296 g/mol. The number of benzene rings is 1. The predicted molar refractivity (Wildman–Crippen MR) is 67.8 cm³/mol. The molecule has 0 aromatic heterocycles. The number of hydrogen-bond acceptors (Lipinski definition) is 2. The maximum atomic E-state index is 11.9. The van der Waals surface area contributed by atoms with E-state index < -0.39 is 18.2 Å². The summed E-state index contributed by atoms with van der Waals surface area (Å²) in [7, 11) is 1.53. The molecule has 0 bridgehead atoms. The van der Waals surface area contributed by atoms with Gasteiger partial charge in [-0.25, -0.2) is 0 Å². The number of alkyl halides is 4. The maximum Gasteiger partial charge on any atom is 0.411 e. The Bertz CT molecular complexity index is 407. The Hall–Kier alpha value is -0.940. The second-order valence-electron chi connectivity index (χ2n) is 4.17. The molecule has 1 atom stereocenters. The van der Waals surface area contributed by atoms with Gasteiger partial charge in [0.15, 0.2) is 0 Å². The Balaban J connectivity index is 2.53. The van der Waals surface area contributed by atoms with Gasteiger partial charge in [0.25, 0.3) is 0 Å². The summed E-state index contributed by atoms with van der Waals surface area (Å²) in [5, 5.41) is -0.442. The zero-order chi connectivity index (χ0) is 14.5. The van der Waals surface area contributed by atoms with Gasteiger partial charge in [-0.15, -0.1) is 11.6 Å². The van der Waals surface area contributed by atoms with Crippen molar-refractivity contribution in [2.75, 3.05) is 20.3 Å². The molecule has 0 N–H and O–H groups in total. The van der Waals surface area contributed by atoms with E-state index in [0.29, 0.717) is 5.75 Å². The molecule has 19 heavy (non-hydrogen) atoms. The number of aryl methyl sites for hydroxylation is 1. The van der Waals surface area contributed by atoms with Crippen molar-refractivity contribution in [3.8, 4) is 5.75 Å². The van der Waals surface area contributed by atoms with E-state index in [1.165, 1.54) is 7.11 Å². The van der Waals surface area contributed by atoms with E-state index in [-0.39, 0.29) is 13.0 Å². The van der Waals surface area contributed by atoms with Crippen LogP contribution in [0.5, 0.6) is 5.75 Å². The summed E-state index contributed by atoms with van der Waals surface area (Å²) in [6.45, 7) is 0.610. The van der Waals surface area contributed by atoms with Gasteiger partial charge in [0.05, 0.1) is 12.5 Å². The molecule has 108 valence electrons. The first-order valence-corrected chi connectivity index (χ1v) is 6.20. The maximum absolute atomic E-state index is 11.9. The standard InChI is InChI=1S/C13H16ClF3O2/c1-9-3-4-12(18-2)10(7-9)11(14)5-6-19-8-13(15,16)17/h3-4,7,11H,5-6,8H2,1-2H3. The summed E-state index contributed by atoms with van der Waals surface area (Å²) in [5.41, 5.74) is 1.78. The molecule has 1 aromatic rings. The van der Waals surface area contributed by atoms with E-state index in [2.05, 4.69) is 4.74 Å². The molecule has 0 radical (unpaired) electrons. The lowest BCUT2D eigenvalue weighted by molar-refractivity contribution is -0.174. The average Bonchev–Trinajstić information content (AvgIpc) is 2.33. The second kappa shape index (κ2) is 7.01. The number of methoxy groups -OCH3 is 1. The van der Waals surface area contributed by atoms with Crippen molar-refractivity contribution in [2.45, 2.75) is 24.9 Å². The van der Waals surface area contributed by atoms with Crippen LogP contribution in [-0.4, -0.2) is 26.5 Å². The molecule has 0 aliphatic carbocycles. The van der Waals surface area contributed by atoms with Gasteiger partial charge >= 0.3 is 6.18 Å². The molecule has 0 spiro atoms. The van der Waals surface area contributed by atoms with E-state index in [0.717, 1.165) is 11.1 Å². The molecule has 1 unspecified atom stereocenters. The van der Waals surface area contributed by atoms with Gasteiger partial charge in [-0.05, 0) is 19.4 Å². The van der Waals surface area contributed by atoms with Crippen LogP contribution in [0.1, 0.15) is 22.9 Å². The van der Waals surface area contributed by atoms with Crippen LogP contribution in [0.25, 0.3) is 0 Å². The first-order chi connectivity index (χ1) is 8.83. The molecule has 0 saturated carbocycles. The van der Waals surface area contributed by atoms with Crippen LogP contribution >= 0.6 is 11.6 Å². The number of halogens is 4. The molecular weight excluding hydrogens is 281 g/mol. The fourth-order valence-electron chi connectivity index (χ4n) is 1.63. The van der Waals surface area contributed by atoms with E-state index in [1.807, 2.05) is 19.1 Å². The van der Waals surface area contributed by atoms with Crippen LogP contribution in [0.15, 0.2) is 18.2 Å². The van der Waals surface area contributed by atoms with E-state index in [4.69, 9.17) is 16.3 Å². The number of rotatable bonds is 6. The minimum absolute atomic E-state index is 0.0508. The second-order valence-corrected chi connectivity index (χ2v) is 4.70. The Labute approximate surface area is 115 Å². The van der Waals surface area contributed by atoms with Gasteiger partial charge < -0.3 is 9.47 Å². The van der Waals surface area contributed by atoms with Crippen LogP contribution in [0, 0.1) is 6.92 Å². The van der Waals surface area contributed by atoms with E-state index in [9.17, 15) is 13.2 Å². The third-order valence-electron chi connectivity index (χ3n) is 2.50. The zero-order valence-electron chi connectivity index (χ0n) is 10.8. The minimum atomic E-state index is -4.30. The first kappa shape index (κ1) is 16.1. The SMILES string of the molecule is COc1ccc(C)cc1C(Cl)CCOCC(F)(F)F. The molecule has 0 aliphatic heterocycles. The lowest BCUT2D eigenvalue weighted by Gasteiger charge is -2.15. The van der Waals surface area contributed by atoms with Crippen LogP contribution in [0.2, 0.25) is 0 Å². The summed E-state index contributed by atoms with van der Waals surface area (Å²) >= 11 is 6.17. The lowest BCUT2D eigenvalue weighted by atomic mass is 10.1. The van der Waals surface area contributed by atoms with Crippen molar-refractivity contribution >= 4 is 11.6 Å². The van der Waals surface area contributed by atoms with Gasteiger partial charge in [-0.2, -0.15) is 13.2 Å². The quantitative estimate of drug-likeness (QED) is 0.577. The topological polar surface area (TPSA) is 18.5 Å². The summed E-state index contributed by atoms with van der Waals surface area (Å²) in [4.78, 5) is 0. The Kier molecular flexibility index (Phi) is 5.94. The molecule has 2 nitrogen and oxygen atoms in total. The highest BCUT2D eigenvalue weighted by Crippen LogP contribution is 2.33. The number of ether oxygens (including phenoxy) is 2. The molecule has 1 aromatic carbocycles. The van der Waals surface area contributed by atoms with Crippen LogP contribution < -0.4 is 4.74 Å². The molecule has 1 rings (SSSR count). The summed E-state index contributed by atoms with van der Waals surface area (Å²) in [5.74, 6) is 0.626. The predicted octanol–water partition coefficient (Wildman–Crippen LogP) is 4.25. The van der Waals surface area contributed by atoms with E-state index in [1.54, 1.807) is 6.07 Å². The minimum Gasteiger partial charge on any atom is -0.496 e. The van der Waals surface area contributed by atoms with Crippen LogP contribution in [0.4, 0.5) is 13.2 Å². The van der Waals surface area contributed by atoms with Crippen LogP contribution in [-0.2, 0) is 4.74 Å². The first-order valence-electron chi connectivity index (χ1n) is 5.76. The Morgan fingerprint density at radius 3 is 2.58 bits per heavy atom. The Morgan fingerprint density at radius 2 is 2.00 bits per heavy atom. The average molecular weight is 297 g/mol. The molecule has 0 aliphatic rings. The number of hydrogen-bond donors (Lipinski definition) is 0. The molecule has 0 heterocycles. The zero-order valence-corrected chi connectivity index (χ0v) is 11.5. The fraction of sp³-hybridized carbons (Fsp3) is 0.538. The highest BCUT2D eigenvalue weighted by Gasteiger charge is 2.27. The summed E-state index contributed by atoms with van der Waals surface area (Å²) in [6.07, 6.45) is -4.01. The Morgan fingerprint density at radius 1 is 1.32 bits per heavy atom. The van der Waals surface area contributed by atoms with Crippen LogP contribution in [0.3, 0.4) is 0 Å². The normalized spacial score (nSPS) is 13.4. The molecule has 0 amide bonds. The van der Waals surface area contributed by atoms with Crippen molar-refractivity contribution in [3.05, 3.63) is 29.3 Å². The third-order valence-corrected chi connectivity index (χ3v) is 2.96. The molecule has 0 fully saturated rings. The van der Waals surface area contributed by atoms with Gasteiger partial charge in [0, 0.05) is 12.2 Å². The smallest absolute Gasteiger partial charge is 0.411 e. The highest BCUT2D eigenvalue weighted by molar-refractivity contribution is 6.21. The highest BCUT2D eigenvalue weighted by atomic mass is 35.5. The van der Waals surface area contributed by atoms with Crippen molar-refractivity contribution < 1.29 is 22.6 Å². The molecule has 6 heteroatoms. The van der Waals surface area contributed by atoms with Crippen molar-refractivity contribution in [1.82, 2.24) is 0 Å². The van der Waals surface area contributed by atoms with Gasteiger partial charge in [0.2, 0.25) is 0 Å². The van der Waals surface area contributed by atoms with Crippen molar-refractivity contribution in [3.63, 3.8) is 0 Å². The van der Waals surface area contributed by atoms with Crippen molar-refractivity contribution in [1.29, 1.82) is 0 Å². The van der Waals surface area contributed by atoms with Gasteiger partial charge in [0.1, 0.15) is 12.4 Å². The van der Waals surface area contributed by atoms with Gasteiger partial charge in [-0.3, -0.25) is 0 Å². The molecule has 0 saturated heterocycles. The summed E-state index contributed by atoms with van der Waals surface area (Å²) < 4.78 is 45.4. The van der Waals surface area contributed by atoms with E-state index >= 15 is 0 Å². The summed E-state index contributed by atoms with van der Waals surface area (Å²) in [6, 6.07) is 5.53. The fourth-order valence-corrected chi connectivity index (χ4v) is 1.89. The third kappa shape index (κ3) is 5.70. The largest absolute Gasteiger partial charge is 0.496 e.